The monoisotopic (exact) mass is 374 g/mol. The summed E-state index contributed by atoms with van der Waals surface area (Å²) in [4.78, 5) is 10.4. The molecule has 0 atom stereocenters. The first kappa shape index (κ1) is 16.3. The molecule has 3 nitrogen and oxygen atoms in total. The van der Waals surface area contributed by atoms with E-state index < -0.39 is 0 Å². The van der Waals surface area contributed by atoms with Gasteiger partial charge in [-0.05, 0) is 25.0 Å². The number of aromatic amines is 1. The van der Waals surface area contributed by atoms with Crippen molar-refractivity contribution >= 4 is 45.5 Å². The van der Waals surface area contributed by atoms with E-state index in [2.05, 4.69) is 43.1 Å². The Morgan fingerprint density at radius 2 is 2.12 bits per heavy atom. The van der Waals surface area contributed by atoms with Gasteiger partial charge >= 0.3 is 0 Å². The highest BCUT2D eigenvalue weighted by molar-refractivity contribution is 7.98. The van der Waals surface area contributed by atoms with Crippen molar-refractivity contribution in [2.45, 2.75) is 43.4 Å². The Hall–Kier alpha value is -1.21. The van der Waals surface area contributed by atoms with Gasteiger partial charge in [0.2, 0.25) is 0 Å². The van der Waals surface area contributed by atoms with Gasteiger partial charge in [-0.25, -0.2) is 4.98 Å². The second-order valence-corrected chi connectivity index (χ2v) is 9.01. The van der Waals surface area contributed by atoms with Crippen LogP contribution in [0.1, 0.15) is 29.9 Å². The molecule has 2 aromatic heterocycles. The third-order valence-electron chi connectivity index (χ3n) is 4.14. The van der Waals surface area contributed by atoms with Gasteiger partial charge in [-0.2, -0.15) is 0 Å². The lowest BCUT2D eigenvalue weighted by atomic mass is 9.95. The fourth-order valence-corrected chi connectivity index (χ4v) is 5.37. The van der Waals surface area contributed by atoms with Crippen molar-refractivity contribution in [2.24, 2.45) is 0 Å². The van der Waals surface area contributed by atoms with E-state index in [1.807, 2.05) is 6.07 Å². The Bertz CT molecular complexity index is 944. The molecule has 4 rings (SSSR count). The Morgan fingerprint density at radius 3 is 2.92 bits per heavy atom. The van der Waals surface area contributed by atoms with E-state index in [9.17, 15) is 0 Å². The Balaban J connectivity index is 1.67. The normalized spacial score (nSPS) is 16.2. The number of hydrogen-bond donors (Lipinski definition) is 1. The second kappa shape index (κ2) is 6.26. The molecule has 0 radical (unpaired) electrons. The van der Waals surface area contributed by atoms with Crippen molar-refractivity contribution in [3.63, 3.8) is 0 Å². The molecule has 0 aliphatic carbocycles. The molecule has 0 saturated heterocycles. The lowest BCUT2D eigenvalue weighted by Crippen LogP contribution is -2.30. The molecule has 0 saturated carbocycles. The van der Waals surface area contributed by atoms with Gasteiger partial charge in [-0.3, -0.25) is 0 Å². The van der Waals surface area contributed by atoms with E-state index in [0.29, 0.717) is 6.61 Å². The number of nitrogens with zero attached hydrogens (tertiary/aromatic N) is 1. The predicted molar refractivity (Wildman–Crippen MR) is 103 cm³/mol. The molecule has 0 fully saturated rings. The Kier molecular flexibility index (Phi) is 4.24. The maximum Gasteiger partial charge on any atom is 0.168 e. The molecule has 1 N–H and O–H groups in total. The van der Waals surface area contributed by atoms with E-state index in [1.54, 1.807) is 23.1 Å². The van der Waals surface area contributed by atoms with Crippen LogP contribution in [0.2, 0.25) is 0 Å². The van der Waals surface area contributed by atoms with E-state index in [1.165, 1.54) is 16.0 Å². The number of ether oxygens (including phenoxy) is 1. The van der Waals surface area contributed by atoms with Crippen LogP contribution in [-0.4, -0.2) is 15.6 Å². The first-order valence-electron chi connectivity index (χ1n) is 7.87. The Morgan fingerprint density at radius 1 is 1.33 bits per heavy atom. The molecule has 3 aromatic rings. The molecule has 0 spiro atoms. The van der Waals surface area contributed by atoms with Crippen LogP contribution in [-0.2, 0) is 23.5 Å². The van der Waals surface area contributed by atoms with Crippen molar-refractivity contribution < 1.29 is 4.74 Å². The topological polar surface area (TPSA) is 37.9 Å². The summed E-state index contributed by atoms with van der Waals surface area (Å²) in [5, 5.41) is 2.00. The van der Waals surface area contributed by atoms with Crippen molar-refractivity contribution in [2.75, 3.05) is 0 Å². The van der Waals surface area contributed by atoms with Gasteiger partial charge in [0.1, 0.15) is 9.47 Å². The van der Waals surface area contributed by atoms with Crippen LogP contribution >= 0.6 is 35.3 Å². The van der Waals surface area contributed by atoms with E-state index in [0.717, 1.165) is 32.2 Å². The highest BCUT2D eigenvalue weighted by Crippen LogP contribution is 2.39. The van der Waals surface area contributed by atoms with Crippen molar-refractivity contribution in [1.29, 1.82) is 0 Å². The molecule has 0 amide bonds. The van der Waals surface area contributed by atoms with E-state index in [4.69, 9.17) is 21.9 Å². The molecule has 0 unspecified atom stereocenters. The smallest absolute Gasteiger partial charge is 0.168 e. The minimum atomic E-state index is -0.135. The van der Waals surface area contributed by atoms with Gasteiger partial charge < -0.3 is 9.72 Å². The maximum absolute atomic E-state index is 5.93. The molecule has 0 bridgehead atoms. The maximum atomic E-state index is 5.93. The first-order chi connectivity index (χ1) is 11.5. The van der Waals surface area contributed by atoms with Crippen LogP contribution in [0.4, 0.5) is 0 Å². The fraction of sp³-hybridized carbons (Fsp3) is 0.333. The number of fused-ring (bicyclic) bond motifs is 3. The number of rotatable bonds is 3. The van der Waals surface area contributed by atoms with Crippen LogP contribution in [0.15, 0.2) is 35.5 Å². The summed E-state index contributed by atoms with van der Waals surface area (Å²) in [6, 6.07) is 10.4. The summed E-state index contributed by atoms with van der Waals surface area (Å²) in [6.45, 7) is 4.91. The number of H-pyrrole nitrogens is 1. The molecule has 6 heteroatoms. The number of aromatic nitrogens is 2. The zero-order valence-corrected chi connectivity index (χ0v) is 16.0. The summed E-state index contributed by atoms with van der Waals surface area (Å²) in [6.07, 6.45) is 0.887. The van der Waals surface area contributed by atoms with Gasteiger partial charge in [0, 0.05) is 22.4 Å². The van der Waals surface area contributed by atoms with E-state index in [-0.39, 0.29) is 5.60 Å². The molecular weight excluding hydrogens is 356 g/mol. The van der Waals surface area contributed by atoms with Crippen LogP contribution in [0.3, 0.4) is 0 Å². The third-order valence-corrected chi connectivity index (χ3v) is 6.49. The van der Waals surface area contributed by atoms with Crippen LogP contribution in [0.5, 0.6) is 0 Å². The van der Waals surface area contributed by atoms with Gasteiger partial charge in [-0.15, -0.1) is 11.3 Å². The summed E-state index contributed by atoms with van der Waals surface area (Å²) in [5.74, 6) is 0.881. The van der Waals surface area contributed by atoms with Gasteiger partial charge in [0.05, 0.1) is 12.2 Å². The number of hydrogen-bond acceptors (Lipinski definition) is 5. The lowest BCUT2D eigenvalue weighted by Gasteiger charge is -2.30. The summed E-state index contributed by atoms with van der Waals surface area (Å²) < 4.78 is 6.73. The molecule has 124 valence electrons. The molecular formula is C18H18N2OS3. The quantitative estimate of drug-likeness (QED) is 0.373. The molecule has 3 heterocycles. The van der Waals surface area contributed by atoms with Gasteiger partial charge in [0.25, 0.3) is 0 Å². The van der Waals surface area contributed by atoms with Gasteiger partial charge in [-0.1, -0.05) is 54.3 Å². The zero-order chi connectivity index (χ0) is 16.7. The molecule has 1 aromatic carbocycles. The van der Waals surface area contributed by atoms with Crippen molar-refractivity contribution in [3.8, 4) is 0 Å². The highest BCUT2D eigenvalue weighted by atomic mass is 32.2. The van der Waals surface area contributed by atoms with Crippen LogP contribution in [0.25, 0.3) is 10.2 Å². The summed E-state index contributed by atoms with van der Waals surface area (Å²) in [5.41, 5.74) is 2.47. The minimum absolute atomic E-state index is 0.135. The largest absolute Gasteiger partial charge is 0.370 e. The average Bonchev–Trinajstić information content (AvgIpc) is 2.91. The lowest BCUT2D eigenvalue weighted by molar-refractivity contribution is -0.0379. The van der Waals surface area contributed by atoms with E-state index >= 15 is 0 Å². The minimum Gasteiger partial charge on any atom is -0.370 e. The van der Waals surface area contributed by atoms with Crippen LogP contribution in [0, 0.1) is 4.64 Å². The highest BCUT2D eigenvalue weighted by Gasteiger charge is 2.30. The predicted octanol–water partition coefficient (Wildman–Crippen LogP) is 5.50. The second-order valence-electron chi connectivity index (χ2n) is 6.55. The van der Waals surface area contributed by atoms with Crippen molar-refractivity contribution in [1.82, 2.24) is 9.97 Å². The molecule has 24 heavy (non-hydrogen) atoms. The van der Waals surface area contributed by atoms with Crippen LogP contribution < -0.4 is 0 Å². The number of benzene rings is 1. The summed E-state index contributed by atoms with van der Waals surface area (Å²) in [7, 11) is 0. The van der Waals surface area contributed by atoms with Gasteiger partial charge in [0.15, 0.2) is 5.16 Å². The SMILES string of the molecule is CC1(C)Cc2c(sc3nc(SCc4ccccc4)[nH]c(=S)c23)CO1. The fourth-order valence-electron chi connectivity index (χ4n) is 2.93. The summed E-state index contributed by atoms with van der Waals surface area (Å²) >= 11 is 9.05. The number of thiophene rings is 1. The molecule has 1 aliphatic rings. The average molecular weight is 375 g/mol. The standard InChI is InChI=1S/C18H18N2OS3/c1-18(2)8-12-13(9-21-18)24-16-14(12)15(22)19-17(20-16)23-10-11-6-4-3-5-7-11/h3-7H,8-10H2,1-2H3,(H,19,20,22). The van der Waals surface area contributed by atoms with Crippen molar-refractivity contribution in [3.05, 3.63) is 51.0 Å². The number of thioether (sulfide) groups is 1. The number of nitrogens with one attached hydrogen (secondary N) is 1. The first-order valence-corrected chi connectivity index (χ1v) is 10.1. The zero-order valence-electron chi connectivity index (χ0n) is 13.6. The molecule has 1 aliphatic heterocycles. The third kappa shape index (κ3) is 3.16. The Labute approximate surface area is 154 Å².